The molecule has 16 heteroatoms. The quantitative estimate of drug-likeness (QED) is 0.0697. The van der Waals surface area contributed by atoms with Crippen LogP contribution in [0.15, 0.2) is 91.0 Å². The summed E-state index contributed by atoms with van der Waals surface area (Å²) in [6, 6.07) is 23.2. The molecule has 53 heavy (non-hydrogen) atoms. The van der Waals surface area contributed by atoms with Crippen LogP contribution in [0.2, 0.25) is 0 Å². The van der Waals surface area contributed by atoms with Crippen LogP contribution in [0, 0.1) is 0 Å². The van der Waals surface area contributed by atoms with Crippen molar-refractivity contribution in [1.29, 1.82) is 0 Å². The molecule has 0 spiro atoms. The topological polar surface area (TPSA) is 206 Å². The Labute approximate surface area is 306 Å². The number of unbranched alkanes of at least 4 members (excludes halogenated alkanes) is 2. The van der Waals surface area contributed by atoms with Gasteiger partial charge in [-0.1, -0.05) is 54.6 Å². The second kappa shape index (κ2) is 24.0. The van der Waals surface area contributed by atoms with Crippen LogP contribution in [0.5, 0.6) is 17.2 Å². The number of carbonyl (C=O) groups excluding carboxylic acids is 6. The van der Waals surface area contributed by atoms with E-state index < -0.39 is 48.4 Å². The molecule has 0 saturated carbocycles. The number of methoxy groups -OCH3 is 1. The number of nitrogens with one attached hydrogen (secondary N) is 4. The van der Waals surface area contributed by atoms with Crippen LogP contribution in [-0.4, -0.2) is 81.8 Å². The highest BCUT2D eigenvalue weighted by Crippen LogP contribution is 2.12. The normalized spacial score (nSPS) is 11.4. The average Bonchev–Trinajstić information content (AvgIpc) is 3.16. The molecule has 0 aliphatic carbocycles. The van der Waals surface area contributed by atoms with Gasteiger partial charge in [0.25, 0.3) is 0 Å². The van der Waals surface area contributed by atoms with Gasteiger partial charge in [-0.25, -0.2) is 28.8 Å². The Hall–Kier alpha value is -6.32. The monoisotopic (exact) mass is 736 g/mol. The molecular formula is C37H44N4O12. The Morgan fingerprint density at radius 1 is 0.491 bits per heavy atom. The maximum absolute atomic E-state index is 13.0. The zero-order valence-electron chi connectivity index (χ0n) is 29.3. The third-order valence-electron chi connectivity index (χ3n) is 7.15. The first-order valence-electron chi connectivity index (χ1n) is 17.0. The minimum absolute atomic E-state index is 0.141. The van der Waals surface area contributed by atoms with Crippen LogP contribution >= 0.6 is 0 Å². The van der Waals surface area contributed by atoms with Crippen LogP contribution in [-0.2, 0) is 23.8 Å². The minimum atomic E-state index is -1.12. The zero-order valence-corrected chi connectivity index (χ0v) is 29.3. The molecule has 3 rings (SSSR count). The molecule has 0 radical (unpaired) electrons. The molecule has 0 bridgehead atoms. The molecule has 4 amide bonds. The molecule has 2 atom stereocenters. The fourth-order valence-corrected chi connectivity index (χ4v) is 4.54. The molecule has 16 nitrogen and oxygen atoms in total. The summed E-state index contributed by atoms with van der Waals surface area (Å²) >= 11 is 0. The molecule has 0 aromatic heterocycles. The van der Waals surface area contributed by atoms with Gasteiger partial charge in [0, 0.05) is 13.1 Å². The maximum Gasteiger partial charge on any atom is 0.413 e. The molecule has 0 fully saturated rings. The number of hydrogen-bond donors (Lipinski definition) is 4. The first-order chi connectivity index (χ1) is 25.7. The van der Waals surface area contributed by atoms with E-state index in [1.54, 1.807) is 91.0 Å². The van der Waals surface area contributed by atoms with Crippen molar-refractivity contribution in [2.24, 2.45) is 0 Å². The minimum Gasteiger partial charge on any atom is -0.461 e. The van der Waals surface area contributed by atoms with Crippen molar-refractivity contribution >= 4 is 36.3 Å². The number of rotatable bonds is 20. The summed E-state index contributed by atoms with van der Waals surface area (Å²) in [7, 11) is 1.15. The number of amides is 4. The summed E-state index contributed by atoms with van der Waals surface area (Å²) < 4.78 is 30.7. The van der Waals surface area contributed by atoms with E-state index >= 15 is 0 Å². The van der Waals surface area contributed by atoms with E-state index in [0.717, 1.165) is 7.11 Å². The number of benzene rings is 3. The predicted molar refractivity (Wildman–Crippen MR) is 189 cm³/mol. The van der Waals surface area contributed by atoms with Crippen LogP contribution in [0.3, 0.4) is 0 Å². The molecule has 284 valence electrons. The number of carbonyl (C=O) groups is 6. The SMILES string of the molecule is COC(=O)NC(CCCCNC(=O)Oc1ccccc1)C(=O)OCCOC(=O)C(CCCCNC(=O)Oc1ccccc1)NC(=O)Oc1ccccc1. The van der Waals surface area contributed by atoms with Crippen LogP contribution in [0.1, 0.15) is 38.5 Å². The van der Waals surface area contributed by atoms with Crippen molar-refractivity contribution in [3.8, 4) is 17.2 Å². The first kappa shape index (κ1) is 41.1. The highest BCUT2D eigenvalue weighted by atomic mass is 16.6. The van der Waals surface area contributed by atoms with Crippen molar-refractivity contribution < 1.29 is 57.2 Å². The van der Waals surface area contributed by atoms with E-state index in [-0.39, 0.29) is 44.9 Å². The largest absolute Gasteiger partial charge is 0.461 e. The molecule has 3 aromatic rings. The molecule has 3 aromatic carbocycles. The van der Waals surface area contributed by atoms with E-state index in [2.05, 4.69) is 26.0 Å². The molecule has 0 aliphatic heterocycles. The van der Waals surface area contributed by atoms with E-state index in [4.69, 9.17) is 23.7 Å². The van der Waals surface area contributed by atoms with Crippen molar-refractivity contribution in [1.82, 2.24) is 21.3 Å². The molecule has 4 N–H and O–H groups in total. The van der Waals surface area contributed by atoms with E-state index in [1.165, 1.54) is 0 Å². The summed E-state index contributed by atoms with van der Waals surface area (Å²) in [6.07, 6.45) is -0.953. The first-order valence-corrected chi connectivity index (χ1v) is 17.0. The van der Waals surface area contributed by atoms with Gasteiger partial charge >= 0.3 is 36.3 Å². The maximum atomic E-state index is 13.0. The molecule has 2 unspecified atom stereocenters. The lowest BCUT2D eigenvalue weighted by Gasteiger charge is -2.19. The van der Waals surface area contributed by atoms with Gasteiger partial charge < -0.3 is 49.7 Å². The number of ether oxygens (including phenoxy) is 6. The Morgan fingerprint density at radius 3 is 1.23 bits per heavy atom. The van der Waals surface area contributed by atoms with Gasteiger partial charge in [-0.15, -0.1) is 0 Å². The lowest BCUT2D eigenvalue weighted by Crippen LogP contribution is -2.44. The molecule has 0 heterocycles. The molecule has 0 saturated heterocycles. The van der Waals surface area contributed by atoms with Crippen molar-refractivity contribution in [3.05, 3.63) is 91.0 Å². The van der Waals surface area contributed by atoms with Crippen LogP contribution in [0.25, 0.3) is 0 Å². The highest BCUT2D eigenvalue weighted by molar-refractivity contribution is 5.82. The van der Waals surface area contributed by atoms with Gasteiger partial charge in [-0.2, -0.15) is 0 Å². The van der Waals surface area contributed by atoms with Crippen molar-refractivity contribution in [2.45, 2.75) is 50.6 Å². The van der Waals surface area contributed by atoms with E-state index in [9.17, 15) is 28.8 Å². The summed E-state index contributed by atoms with van der Waals surface area (Å²) in [6.45, 7) is -0.184. The van der Waals surface area contributed by atoms with Crippen LogP contribution < -0.4 is 35.5 Å². The zero-order chi connectivity index (χ0) is 38.1. The predicted octanol–water partition coefficient (Wildman–Crippen LogP) is 4.87. The number of esters is 2. The summed E-state index contributed by atoms with van der Waals surface area (Å²) in [5.74, 6) is -0.539. The third-order valence-corrected chi connectivity index (χ3v) is 7.15. The van der Waals surface area contributed by atoms with Crippen LogP contribution in [0.4, 0.5) is 19.2 Å². The van der Waals surface area contributed by atoms with Gasteiger partial charge in [0.05, 0.1) is 7.11 Å². The second-order valence-electron chi connectivity index (χ2n) is 11.2. The summed E-state index contributed by atoms with van der Waals surface area (Å²) in [4.78, 5) is 74.2. The van der Waals surface area contributed by atoms with Gasteiger partial charge in [0.15, 0.2) is 0 Å². The number of hydrogen-bond acceptors (Lipinski definition) is 12. The highest BCUT2D eigenvalue weighted by Gasteiger charge is 2.25. The van der Waals surface area contributed by atoms with Crippen molar-refractivity contribution in [2.75, 3.05) is 33.4 Å². The number of alkyl carbamates (subject to hydrolysis) is 1. The van der Waals surface area contributed by atoms with E-state index in [1.807, 2.05) is 0 Å². The fourth-order valence-electron chi connectivity index (χ4n) is 4.54. The Bertz CT molecular complexity index is 1580. The molecule has 0 aliphatic rings. The Balaban J connectivity index is 1.42. The lowest BCUT2D eigenvalue weighted by atomic mass is 10.1. The summed E-state index contributed by atoms with van der Waals surface area (Å²) in [5.41, 5.74) is 0. The summed E-state index contributed by atoms with van der Waals surface area (Å²) in [5, 5.41) is 10.1. The van der Waals surface area contributed by atoms with Gasteiger partial charge in [0.1, 0.15) is 42.5 Å². The molecular weight excluding hydrogens is 692 g/mol. The Kier molecular flexibility index (Phi) is 18.6. The third kappa shape index (κ3) is 17.4. The second-order valence-corrected chi connectivity index (χ2v) is 11.2. The Morgan fingerprint density at radius 2 is 0.849 bits per heavy atom. The average molecular weight is 737 g/mol. The van der Waals surface area contributed by atoms with Gasteiger partial charge in [-0.3, -0.25) is 0 Å². The fraction of sp³-hybridized carbons (Fsp3) is 0.351. The van der Waals surface area contributed by atoms with Gasteiger partial charge in [-0.05, 0) is 74.9 Å². The smallest absolute Gasteiger partial charge is 0.413 e. The van der Waals surface area contributed by atoms with Gasteiger partial charge in [0.2, 0.25) is 0 Å². The van der Waals surface area contributed by atoms with E-state index in [0.29, 0.717) is 37.2 Å². The van der Waals surface area contributed by atoms with Crippen molar-refractivity contribution in [3.63, 3.8) is 0 Å². The standard InChI is InChI=1S/C37H44N4O12/c1-48-36(46)40-30(21-11-13-23-38-34(44)51-27-15-5-2-6-16-27)32(42)49-25-26-50-33(43)31(41-37(47)53-29-19-9-4-10-20-29)22-12-14-24-39-35(45)52-28-17-7-3-8-18-28/h2-10,15-20,30-31H,11-14,21-26H2,1H3,(H,38,44)(H,39,45)(H,40,46)(H,41,47). The number of para-hydroxylation sites is 3. The lowest BCUT2D eigenvalue weighted by molar-refractivity contribution is -0.154.